The number of nitro benzene ring substituents is 2. The Hall–Kier alpha value is -3.49. The summed E-state index contributed by atoms with van der Waals surface area (Å²) in [5.41, 5.74) is 2.32. The number of fused-ring (bicyclic) bond motifs is 1. The highest BCUT2D eigenvalue weighted by Gasteiger charge is 2.26. The lowest BCUT2D eigenvalue weighted by Gasteiger charge is -2.17. The van der Waals surface area contributed by atoms with Crippen LogP contribution in [-0.4, -0.2) is 28.8 Å². The summed E-state index contributed by atoms with van der Waals surface area (Å²) in [5.74, 6) is -0.0697. The van der Waals surface area contributed by atoms with Crippen LogP contribution in [0.1, 0.15) is 18.4 Å². The number of hydrogen-bond acceptors (Lipinski definition) is 6. The standard InChI is InChI=1S/C18H18N4O5/c23-18(2-1-10-19-14-4-7-15(8-5-14)21(24)25)20-11-9-13-3-6-16(22(26)27)12-17(13)20/h3-8,12,19H,1-2,9-11H2. The highest BCUT2D eigenvalue weighted by Crippen LogP contribution is 2.32. The number of rotatable bonds is 7. The van der Waals surface area contributed by atoms with Gasteiger partial charge in [0.1, 0.15) is 0 Å². The fourth-order valence-electron chi connectivity index (χ4n) is 3.05. The van der Waals surface area contributed by atoms with E-state index in [0.717, 1.165) is 11.3 Å². The van der Waals surface area contributed by atoms with Gasteiger partial charge in [-0.3, -0.25) is 25.0 Å². The molecule has 0 saturated heterocycles. The van der Waals surface area contributed by atoms with Gasteiger partial charge in [-0.05, 0) is 30.5 Å². The van der Waals surface area contributed by atoms with Gasteiger partial charge < -0.3 is 10.2 Å². The van der Waals surface area contributed by atoms with Gasteiger partial charge in [0.2, 0.25) is 5.91 Å². The minimum Gasteiger partial charge on any atom is -0.385 e. The molecule has 2 aromatic carbocycles. The molecular formula is C18H18N4O5. The van der Waals surface area contributed by atoms with Gasteiger partial charge in [0.15, 0.2) is 0 Å². The summed E-state index contributed by atoms with van der Waals surface area (Å²) in [6.45, 7) is 1.07. The third-order valence-electron chi connectivity index (χ3n) is 4.45. The molecule has 1 heterocycles. The van der Waals surface area contributed by atoms with Crippen molar-refractivity contribution in [2.45, 2.75) is 19.3 Å². The summed E-state index contributed by atoms with van der Waals surface area (Å²) in [4.78, 5) is 34.7. The Bertz CT molecular complexity index is 882. The van der Waals surface area contributed by atoms with Crippen LogP contribution in [-0.2, 0) is 11.2 Å². The largest absolute Gasteiger partial charge is 0.385 e. The lowest BCUT2D eigenvalue weighted by atomic mass is 10.1. The van der Waals surface area contributed by atoms with Crippen molar-refractivity contribution in [3.05, 3.63) is 68.3 Å². The van der Waals surface area contributed by atoms with Crippen LogP contribution in [0.5, 0.6) is 0 Å². The zero-order valence-corrected chi connectivity index (χ0v) is 14.5. The average molecular weight is 370 g/mol. The maximum Gasteiger partial charge on any atom is 0.271 e. The average Bonchev–Trinajstić information content (AvgIpc) is 3.08. The van der Waals surface area contributed by atoms with Gasteiger partial charge in [-0.1, -0.05) is 6.07 Å². The SMILES string of the molecule is O=C(CCCNc1ccc([N+](=O)[O-])cc1)N1CCc2ccc([N+](=O)[O-])cc21. The molecule has 1 N–H and O–H groups in total. The van der Waals surface area contributed by atoms with Gasteiger partial charge in [-0.15, -0.1) is 0 Å². The molecule has 9 heteroatoms. The van der Waals surface area contributed by atoms with Crippen molar-refractivity contribution in [1.82, 2.24) is 0 Å². The fourth-order valence-corrected chi connectivity index (χ4v) is 3.05. The monoisotopic (exact) mass is 370 g/mol. The van der Waals surface area contributed by atoms with Crippen molar-refractivity contribution < 1.29 is 14.6 Å². The Labute approximate surface area is 154 Å². The predicted molar refractivity (Wildman–Crippen MR) is 100.0 cm³/mol. The molecule has 0 radical (unpaired) electrons. The van der Waals surface area contributed by atoms with Crippen molar-refractivity contribution in [3.8, 4) is 0 Å². The van der Waals surface area contributed by atoms with E-state index in [1.165, 1.54) is 24.3 Å². The molecule has 0 aliphatic carbocycles. The minimum absolute atomic E-state index is 0.0201. The van der Waals surface area contributed by atoms with Gasteiger partial charge in [-0.2, -0.15) is 0 Å². The van der Waals surface area contributed by atoms with E-state index in [2.05, 4.69) is 5.32 Å². The summed E-state index contributed by atoms with van der Waals surface area (Å²) in [7, 11) is 0. The number of anilines is 2. The molecule has 0 fully saturated rings. The second-order valence-electron chi connectivity index (χ2n) is 6.20. The predicted octanol–water partition coefficient (Wildman–Crippen LogP) is 3.28. The molecule has 3 rings (SSSR count). The summed E-state index contributed by atoms with van der Waals surface area (Å²) < 4.78 is 0. The lowest BCUT2D eigenvalue weighted by molar-refractivity contribution is -0.385. The van der Waals surface area contributed by atoms with E-state index in [9.17, 15) is 25.0 Å². The third-order valence-corrected chi connectivity index (χ3v) is 4.45. The Morgan fingerprint density at radius 3 is 2.37 bits per heavy atom. The fraction of sp³-hybridized carbons (Fsp3) is 0.278. The van der Waals surface area contributed by atoms with Crippen molar-refractivity contribution in [3.63, 3.8) is 0 Å². The number of nitrogens with zero attached hydrogens (tertiary/aromatic N) is 3. The summed E-state index contributed by atoms with van der Waals surface area (Å²) in [5, 5.41) is 24.7. The highest BCUT2D eigenvalue weighted by atomic mass is 16.6. The molecule has 9 nitrogen and oxygen atoms in total. The number of carbonyl (C=O) groups excluding carboxylic acids is 1. The molecular weight excluding hydrogens is 352 g/mol. The Balaban J connectivity index is 1.51. The van der Waals surface area contributed by atoms with Crippen molar-refractivity contribution in [1.29, 1.82) is 0 Å². The van der Waals surface area contributed by atoms with E-state index in [1.54, 1.807) is 23.1 Å². The number of non-ortho nitro benzene ring substituents is 2. The van der Waals surface area contributed by atoms with Crippen molar-refractivity contribution >= 4 is 28.7 Å². The number of hydrogen-bond donors (Lipinski definition) is 1. The van der Waals surface area contributed by atoms with Crippen LogP contribution in [0.3, 0.4) is 0 Å². The summed E-state index contributed by atoms with van der Waals surface area (Å²) >= 11 is 0. The quantitative estimate of drug-likeness (QED) is 0.454. The number of amides is 1. The maximum atomic E-state index is 12.5. The van der Waals surface area contributed by atoms with Gasteiger partial charge >= 0.3 is 0 Å². The highest BCUT2D eigenvalue weighted by molar-refractivity contribution is 5.95. The first-order valence-corrected chi connectivity index (χ1v) is 8.52. The van der Waals surface area contributed by atoms with Gasteiger partial charge in [0, 0.05) is 49.5 Å². The molecule has 27 heavy (non-hydrogen) atoms. The van der Waals surface area contributed by atoms with Crippen LogP contribution >= 0.6 is 0 Å². The second kappa shape index (κ2) is 7.81. The number of nitrogens with one attached hydrogen (secondary N) is 1. The smallest absolute Gasteiger partial charge is 0.271 e. The number of benzene rings is 2. The molecule has 0 aromatic heterocycles. The maximum absolute atomic E-state index is 12.5. The molecule has 1 amide bonds. The number of carbonyl (C=O) groups is 1. The molecule has 0 bridgehead atoms. The normalized spacial score (nSPS) is 12.5. The molecule has 140 valence electrons. The first-order chi connectivity index (χ1) is 13.0. The molecule has 2 aromatic rings. The first kappa shape index (κ1) is 18.3. The van der Waals surface area contributed by atoms with Gasteiger partial charge in [-0.25, -0.2) is 0 Å². The molecule has 1 aliphatic heterocycles. The summed E-state index contributed by atoms with van der Waals surface area (Å²) in [6, 6.07) is 10.7. The Morgan fingerprint density at radius 2 is 1.70 bits per heavy atom. The Kier molecular flexibility index (Phi) is 5.30. The van der Waals surface area contributed by atoms with Gasteiger partial charge in [0.25, 0.3) is 11.4 Å². The topological polar surface area (TPSA) is 119 Å². The van der Waals surface area contributed by atoms with Crippen molar-refractivity contribution in [2.24, 2.45) is 0 Å². The lowest BCUT2D eigenvalue weighted by Crippen LogP contribution is -2.29. The second-order valence-corrected chi connectivity index (χ2v) is 6.20. The van der Waals surface area contributed by atoms with Crippen LogP contribution in [0.25, 0.3) is 0 Å². The van der Waals surface area contributed by atoms with Crippen LogP contribution in [0.15, 0.2) is 42.5 Å². The zero-order chi connectivity index (χ0) is 19.4. The zero-order valence-electron chi connectivity index (χ0n) is 14.5. The van der Waals surface area contributed by atoms with E-state index >= 15 is 0 Å². The van der Waals surface area contributed by atoms with E-state index in [-0.39, 0.29) is 17.3 Å². The van der Waals surface area contributed by atoms with Crippen molar-refractivity contribution in [2.75, 3.05) is 23.3 Å². The van der Waals surface area contributed by atoms with E-state index in [0.29, 0.717) is 38.0 Å². The molecule has 0 spiro atoms. The Morgan fingerprint density at radius 1 is 1.04 bits per heavy atom. The first-order valence-electron chi connectivity index (χ1n) is 8.52. The molecule has 1 aliphatic rings. The molecule has 0 saturated carbocycles. The van der Waals surface area contributed by atoms with Crippen LogP contribution in [0.2, 0.25) is 0 Å². The van der Waals surface area contributed by atoms with Crippen LogP contribution < -0.4 is 10.2 Å². The van der Waals surface area contributed by atoms with Gasteiger partial charge in [0.05, 0.1) is 15.5 Å². The summed E-state index contributed by atoms with van der Waals surface area (Å²) in [6.07, 6.45) is 1.58. The number of nitro groups is 2. The van der Waals surface area contributed by atoms with Crippen LogP contribution in [0.4, 0.5) is 22.7 Å². The van der Waals surface area contributed by atoms with E-state index < -0.39 is 9.85 Å². The minimum atomic E-state index is -0.463. The molecule has 0 atom stereocenters. The van der Waals surface area contributed by atoms with E-state index in [4.69, 9.17) is 0 Å². The third kappa shape index (κ3) is 4.20. The van der Waals surface area contributed by atoms with Crippen LogP contribution in [0, 0.1) is 20.2 Å². The molecule has 0 unspecified atom stereocenters. The van der Waals surface area contributed by atoms with E-state index in [1.807, 2.05) is 0 Å².